The van der Waals surface area contributed by atoms with Crippen LogP contribution in [0.2, 0.25) is 0 Å². The zero-order valence-corrected chi connectivity index (χ0v) is 16.9. The van der Waals surface area contributed by atoms with Crippen LogP contribution in [0.4, 0.5) is 5.69 Å². The molecule has 5 rings (SSSR count). The molecular weight excluding hydrogens is 392 g/mol. The van der Waals surface area contributed by atoms with Crippen molar-refractivity contribution in [2.75, 3.05) is 4.90 Å². The van der Waals surface area contributed by atoms with Crippen molar-refractivity contribution in [2.24, 2.45) is 11.8 Å². The summed E-state index contributed by atoms with van der Waals surface area (Å²) in [5.41, 5.74) is 3.27. The van der Waals surface area contributed by atoms with E-state index < -0.39 is 5.97 Å². The molecule has 1 aromatic heterocycles. The molecule has 2 aromatic carbocycles. The van der Waals surface area contributed by atoms with Gasteiger partial charge in [0.15, 0.2) is 0 Å². The number of carbonyl (C=O) groups excluding carboxylic acids is 3. The highest BCUT2D eigenvalue weighted by atomic mass is 16.4. The molecule has 1 saturated heterocycles. The summed E-state index contributed by atoms with van der Waals surface area (Å²) < 4.78 is 0. The highest BCUT2D eigenvalue weighted by Gasteiger charge is 2.47. The van der Waals surface area contributed by atoms with Crippen molar-refractivity contribution in [1.29, 1.82) is 0 Å². The largest absolute Gasteiger partial charge is 0.545 e. The Balaban J connectivity index is 1.52. The van der Waals surface area contributed by atoms with Gasteiger partial charge in [0.05, 0.1) is 34.7 Å². The second-order valence-corrected chi connectivity index (χ2v) is 8.08. The highest BCUT2D eigenvalue weighted by Crippen LogP contribution is 2.38. The van der Waals surface area contributed by atoms with Crippen molar-refractivity contribution in [3.8, 4) is 11.3 Å². The van der Waals surface area contributed by atoms with Gasteiger partial charge in [-0.3, -0.25) is 14.5 Å². The summed E-state index contributed by atoms with van der Waals surface area (Å²) in [6, 6.07) is 13.8. The molecule has 6 nitrogen and oxygen atoms in total. The Bertz CT molecular complexity index is 1250. The van der Waals surface area contributed by atoms with E-state index in [0.717, 1.165) is 5.56 Å². The molecule has 3 aromatic rings. The third-order valence-corrected chi connectivity index (χ3v) is 6.11. The molecule has 0 radical (unpaired) electrons. The van der Waals surface area contributed by atoms with Crippen LogP contribution < -0.4 is 10.0 Å². The van der Waals surface area contributed by atoms with Crippen molar-refractivity contribution in [3.63, 3.8) is 0 Å². The molecule has 6 heteroatoms. The molecule has 1 aliphatic heterocycles. The zero-order valence-electron chi connectivity index (χ0n) is 16.9. The average molecular weight is 411 g/mol. The van der Waals surface area contributed by atoms with E-state index in [4.69, 9.17) is 0 Å². The van der Waals surface area contributed by atoms with Gasteiger partial charge in [-0.05, 0) is 50.1 Å². The normalized spacial score (nSPS) is 20.4. The summed E-state index contributed by atoms with van der Waals surface area (Å²) in [5, 5.41) is 12.2. The molecule has 0 saturated carbocycles. The van der Waals surface area contributed by atoms with Gasteiger partial charge in [0, 0.05) is 16.5 Å². The minimum atomic E-state index is -1.26. The number of rotatable bonds is 3. The Hall–Kier alpha value is -3.80. The van der Waals surface area contributed by atoms with Crippen molar-refractivity contribution < 1.29 is 19.5 Å². The van der Waals surface area contributed by atoms with Gasteiger partial charge in [-0.25, -0.2) is 4.98 Å². The van der Waals surface area contributed by atoms with Crippen LogP contribution in [-0.4, -0.2) is 22.8 Å². The molecule has 0 unspecified atom stereocenters. The summed E-state index contributed by atoms with van der Waals surface area (Å²) in [4.78, 5) is 43.2. The Morgan fingerprint density at radius 1 is 0.968 bits per heavy atom. The van der Waals surface area contributed by atoms with Gasteiger partial charge < -0.3 is 9.90 Å². The van der Waals surface area contributed by atoms with Gasteiger partial charge >= 0.3 is 0 Å². The molecule has 1 aliphatic carbocycles. The van der Waals surface area contributed by atoms with Crippen molar-refractivity contribution >= 4 is 34.4 Å². The monoisotopic (exact) mass is 411 g/mol. The maximum Gasteiger partial charge on any atom is 0.238 e. The van der Waals surface area contributed by atoms with Gasteiger partial charge in [-0.2, -0.15) is 0 Å². The summed E-state index contributed by atoms with van der Waals surface area (Å²) in [5.74, 6) is -2.15. The smallest absolute Gasteiger partial charge is 0.238 e. The molecular formula is C25H19N2O4-. The lowest BCUT2D eigenvalue weighted by Crippen LogP contribution is -2.30. The molecule has 2 atom stereocenters. The minimum absolute atomic E-state index is 0.0780. The van der Waals surface area contributed by atoms with E-state index in [1.165, 1.54) is 11.0 Å². The molecule has 0 spiro atoms. The first-order valence-corrected chi connectivity index (χ1v) is 10.2. The minimum Gasteiger partial charge on any atom is -0.545 e. The van der Waals surface area contributed by atoms with E-state index in [1.807, 2.05) is 25.1 Å². The van der Waals surface area contributed by atoms with Crippen LogP contribution in [0, 0.1) is 18.8 Å². The van der Waals surface area contributed by atoms with Crippen molar-refractivity contribution in [3.05, 3.63) is 71.8 Å². The number of anilines is 1. The predicted octanol–water partition coefficient (Wildman–Crippen LogP) is 3.03. The lowest BCUT2D eigenvalue weighted by atomic mass is 9.85. The Morgan fingerprint density at radius 3 is 2.23 bits per heavy atom. The maximum absolute atomic E-state index is 12.8. The Morgan fingerprint density at radius 2 is 1.61 bits per heavy atom. The van der Waals surface area contributed by atoms with Crippen LogP contribution in [-0.2, 0) is 9.59 Å². The third-order valence-electron chi connectivity index (χ3n) is 6.11. The number of amides is 2. The van der Waals surface area contributed by atoms with E-state index in [9.17, 15) is 19.5 Å². The first kappa shape index (κ1) is 19.2. The number of aromatic nitrogens is 1. The van der Waals surface area contributed by atoms with E-state index in [1.54, 1.807) is 36.4 Å². The van der Waals surface area contributed by atoms with Gasteiger partial charge in [0.1, 0.15) is 0 Å². The standard InChI is InChI=1S/C25H20N2O4/c1-14-6-11-21-19(12-14)20(25(30)31)13-22(26-21)15-7-9-16(10-8-15)27-23(28)17-4-2-3-5-18(17)24(27)29/h2-3,6-13,17-18H,4-5H2,1H3,(H,30,31)/p-1/t17-,18+. The molecule has 0 N–H and O–H groups in total. The van der Waals surface area contributed by atoms with Gasteiger partial charge in [-0.15, -0.1) is 0 Å². The number of carbonyl (C=O) groups is 3. The van der Waals surface area contributed by atoms with Crippen LogP contribution >= 0.6 is 0 Å². The quantitative estimate of drug-likeness (QED) is 0.488. The Labute approximate surface area is 178 Å². The van der Waals surface area contributed by atoms with Crippen LogP contribution in [0.3, 0.4) is 0 Å². The number of nitrogens with zero attached hydrogens (tertiary/aromatic N) is 2. The number of fused-ring (bicyclic) bond motifs is 2. The number of aryl methyl sites for hydroxylation is 1. The van der Waals surface area contributed by atoms with Crippen LogP contribution in [0.25, 0.3) is 22.2 Å². The summed E-state index contributed by atoms with van der Waals surface area (Å²) in [6.45, 7) is 1.89. The van der Waals surface area contributed by atoms with Crippen molar-refractivity contribution in [1.82, 2.24) is 4.98 Å². The summed E-state index contributed by atoms with van der Waals surface area (Å²) in [6.07, 6.45) is 5.11. The zero-order chi connectivity index (χ0) is 21.7. The van der Waals surface area contributed by atoms with E-state index in [2.05, 4.69) is 4.98 Å². The number of imide groups is 1. The predicted molar refractivity (Wildman–Crippen MR) is 114 cm³/mol. The second kappa shape index (κ2) is 7.16. The van der Waals surface area contributed by atoms with E-state index in [0.29, 0.717) is 40.7 Å². The molecule has 1 fully saturated rings. The number of hydrogen-bond acceptors (Lipinski definition) is 5. The number of carboxylic acid groups (broad SMARTS) is 1. The van der Waals surface area contributed by atoms with Gasteiger partial charge in [-0.1, -0.05) is 35.9 Å². The van der Waals surface area contributed by atoms with Crippen LogP contribution in [0.15, 0.2) is 60.7 Å². The molecule has 31 heavy (non-hydrogen) atoms. The first-order valence-electron chi connectivity index (χ1n) is 10.2. The lowest BCUT2D eigenvalue weighted by molar-refractivity contribution is -0.254. The summed E-state index contributed by atoms with van der Waals surface area (Å²) in [7, 11) is 0. The van der Waals surface area contributed by atoms with Crippen LogP contribution in [0.5, 0.6) is 0 Å². The average Bonchev–Trinajstić information content (AvgIpc) is 3.03. The number of carboxylic acids is 1. The van der Waals surface area contributed by atoms with E-state index >= 15 is 0 Å². The molecule has 0 bridgehead atoms. The first-order chi connectivity index (χ1) is 14.9. The Kier molecular flexibility index (Phi) is 4.43. The highest BCUT2D eigenvalue weighted by molar-refractivity contribution is 6.22. The maximum atomic E-state index is 12.8. The van der Waals surface area contributed by atoms with Crippen LogP contribution in [0.1, 0.15) is 28.8 Å². The molecule has 2 aliphatic rings. The number of hydrogen-bond donors (Lipinski definition) is 0. The van der Waals surface area contributed by atoms with Gasteiger partial charge in [0.25, 0.3) is 0 Å². The SMILES string of the molecule is Cc1ccc2nc(-c3ccc(N4C(=O)[C@H]5CC=CC[C@H]5C4=O)cc3)cc(C(=O)[O-])c2c1. The fourth-order valence-corrected chi connectivity index (χ4v) is 4.49. The van der Waals surface area contributed by atoms with E-state index in [-0.39, 0.29) is 29.2 Å². The lowest BCUT2D eigenvalue weighted by Gasteiger charge is -2.16. The number of allylic oxidation sites excluding steroid dienone is 2. The van der Waals surface area contributed by atoms with Gasteiger partial charge in [0.2, 0.25) is 11.8 Å². The van der Waals surface area contributed by atoms with Crippen molar-refractivity contribution in [2.45, 2.75) is 19.8 Å². The fraction of sp³-hybridized carbons (Fsp3) is 0.200. The second-order valence-electron chi connectivity index (χ2n) is 8.08. The number of benzene rings is 2. The summed E-state index contributed by atoms with van der Waals surface area (Å²) >= 11 is 0. The number of pyridine rings is 1. The topological polar surface area (TPSA) is 90.4 Å². The molecule has 2 heterocycles. The molecule has 154 valence electrons. The number of aromatic carboxylic acids is 1. The molecule has 2 amide bonds. The third kappa shape index (κ3) is 3.11. The fourth-order valence-electron chi connectivity index (χ4n) is 4.49.